The predicted molar refractivity (Wildman–Crippen MR) is 180 cm³/mol. The van der Waals surface area contributed by atoms with E-state index in [9.17, 15) is 4.79 Å². The van der Waals surface area contributed by atoms with Crippen molar-refractivity contribution in [2.45, 2.75) is 115 Å². The predicted octanol–water partition coefficient (Wildman–Crippen LogP) is 6.98. The second-order valence-corrected chi connectivity index (χ2v) is 17.5. The quantitative estimate of drug-likeness (QED) is 0.180. The molecule has 5 rings (SSSR count). The highest BCUT2D eigenvalue weighted by atomic mass is 127. The lowest BCUT2D eigenvalue weighted by Gasteiger charge is -2.61. The topological polar surface area (TPSA) is 65.0 Å². The molecule has 4 aliphatic carbocycles. The monoisotopic (exact) mass is 699 g/mol. The number of rotatable bonds is 11. The molecular formula is C35H62IN3O3. The molecule has 242 valence electrons. The Morgan fingerprint density at radius 2 is 1.62 bits per heavy atom. The number of alkyl carbamates (subject to hydrolysis) is 1. The summed E-state index contributed by atoms with van der Waals surface area (Å²) in [6.45, 7) is 16.6. The molecule has 1 saturated heterocycles. The minimum atomic E-state index is -0.219. The number of halogens is 1. The van der Waals surface area contributed by atoms with Gasteiger partial charge in [0.05, 0.1) is 6.61 Å². The molecule has 3 unspecified atom stereocenters. The first-order valence-corrected chi connectivity index (χ1v) is 19.0. The van der Waals surface area contributed by atoms with Gasteiger partial charge in [-0.25, -0.2) is 4.79 Å². The van der Waals surface area contributed by atoms with Crippen molar-refractivity contribution in [3.63, 3.8) is 0 Å². The number of carbonyl (C=O) groups excluding carboxylic acids is 1. The van der Waals surface area contributed by atoms with Crippen molar-refractivity contribution >= 4 is 28.7 Å². The summed E-state index contributed by atoms with van der Waals surface area (Å²) in [7, 11) is 0. The van der Waals surface area contributed by atoms with E-state index >= 15 is 0 Å². The van der Waals surface area contributed by atoms with Crippen LogP contribution in [-0.4, -0.2) is 83.4 Å². The number of nitrogens with zero attached hydrogens (tertiary/aromatic N) is 2. The molecule has 0 radical (unpaired) electrons. The number of hydrogen-bond acceptors (Lipinski definition) is 5. The largest absolute Gasteiger partial charge is 0.446 e. The van der Waals surface area contributed by atoms with E-state index in [0.717, 1.165) is 85.6 Å². The molecule has 4 saturated carbocycles. The summed E-state index contributed by atoms with van der Waals surface area (Å²) in [5, 5.41) is 12.2. The fraction of sp³-hybridized carbons (Fsp3) is 0.971. The minimum absolute atomic E-state index is 0.0805. The zero-order valence-electron chi connectivity index (χ0n) is 27.3. The molecule has 0 spiro atoms. The molecule has 7 heteroatoms. The zero-order valence-corrected chi connectivity index (χ0v) is 29.5. The number of alkyl halides is 1. The van der Waals surface area contributed by atoms with Crippen LogP contribution in [0.5, 0.6) is 0 Å². The first-order valence-electron chi connectivity index (χ1n) is 17.8. The number of nitrogens with one attached hydrogen (secondary N) is 1. The lowest BCUT2D eigenvalue weighted by Crippen LogP contribution is -2.54. The van der Waals surface area contributed by atoms with Crippen molar-refractivity contribution < 1.29 is 14.6 Å². The molecular weight excluding hydrogens is 637 g/mol. The van der Waals surface area contributed by atoms with E-state index in [2.05, 4.69) is 65.4 Å². The van der Waals surface area contributed by atoms with Gasteiger partial charge in [0.2, 0.25) is 0 Å². The third kappa shape index (κ3) is 7.30. The number of β-amino-alcohol motifs (C(OH)–C–C–N with tert-alkyl or cyclic N) is 1. The van der Waals surface area contributed by atoms with Crippen molar-refractivity contribution in [3.8, 4) is 0 Å². The third-order valence-electron chi connectivity index (χ3n) is 13.2. The van der Waals surface area contributed by atoms with Crippen LogP contribution in [-0.2, 0) is 4.74 Å². The van der Waals surface area contributed by atoms with Crippen molar-refractivity contribution in [1.29, 1.82) is 0 Å². The highest BCUT2D eigenvalue weighted by Crippen LogP contribution is 2.68. The van der Waals surface area contributed by atoms with Crippen LogP contribution in [0, 0.1) is 46.3 Å². The van der Waals surface area contributed by atoms with Gasteiger partial charge >= 0.3 is 6.09 Å². The van der Waals surface area contributed by atoms with Gasteiger partial charge in [-0.05, 0) is 111 Å². The Morgan fingerprint density at radius 3 is 2.33 bits per heavy atom. The lowest BCUT2D eigenvalue weighted by atomic mass is 9.44. The summed E-state index contributed by atoms with van der Waals surface area (Å²) in [5.41, 5.74) is 0.983. The molecule has 0 aromatic carbocycles. The van der Waals surface area contributed by atoms with Gasteiger partial charge in [0, 0.05) is 49.7 Å². The highest BCUT2D eigenvalue weighted by molar-refractivity contribution is 14.1. The highest BCUT2D eigenvalue weighted by Gasteiger charge is 2.61. The van der Waals surface area contributed by atoms with Gasteiger partial charge < -0.3 is 15.2 Å². The molecule has 0 aromatic heterocycles. The van der Waals surface area contributed by atoms with Gasteiger partial charge in [0.1, 0.15) is 6.10 Å². The summed E-state index contributed by atoms with van der Waals surface area (Å²) >= 11 is 2.85. The molecule has 2 N–H and O–H groups in total. The maximum atomic E-state index is 12.7. The molecule has 1 heterocycles. The summed E-state index contributed by atoms with van der Waals surface area (Å²) < 4.78 is 6.87. The molecule has 6 nitrogen and oxygen atoms in total. The number of piperazine rings is 1. The van der Waals surface area contributed by atoms with Crippen LogP contribution in [0.3, 0.4) is 0 Å². The van der Waals surface area contributed by atoms with E-state index < -0.39 is 0 Å². The Kier molecular flexibility index (Phi) is 11.5. The van der Waals surface area contributed by atoms with Gasteiger partial charge in [-0.3, -0.25) is 9.80 Å². The average molecular weight is 700 g/mol. The molecule has 1 aliphatic heterocycles. The summed E-state index contributed by atoms with van der Waals surface area (Å²) in [6, 6.07) is 0. The van der Waals surface area contributed by atoms with Crippen LogP contribution in [0.25, 0.3) is 0 Å². The molecule has 5 aliphatic rings. The normalized spacial score (nSPS) is 39.8. The van der Waals surface area contributed by atoms with Gasteiger partial charge in [-0.1, -0.05) is 63.1 Å². The Hall–Kier alpha value is -0.120. The van der Waals surface area contributed by atoms with Gasteiger partial charge in [-0.15, -0.1) is 0 Å². The molecule has 0 bridgehead atoms. The minimum Gasteiger partial charge on any atom is -0.446 e. The maximum absolute atomic E-state index is 12.7. The summed E-state index contributed by atoms with van der Waals surface area (Å²) in [5.74, 6) is 5.17. The fourth-order valence-corrected chi connectivity index (χ4v) is 12.4. The van der Waals surface area contributed by atoms with Crippen LogP contribution in [0.4, 0.5) is 4.79 Å². The van der Waals surface area contributed by atoms with Crippen molar-refractivity contribution in [2.75, 3.05) is 52.4 Å². The second kappa shape index (κ2) is 14.5. The molecule has 1 amide bonds. The average Bonchev–Trinajstić information content (AvgIpc) is 3.31. The standard InChI is InChI=1S/C35H62IN3O3/c1-25(2)6-5-7-32(36)31-11-10-29-28-9-8-26-24-27(12-14-34(26,3)30(28)13-15-35(29,31)4)42-33(41)37-16-17-38-18-20-39(21-19-38)22-23-40/h25-32,40H,5-24H2,1-4H3,(H,37,41)/t26?,27?,28?,29-,30-,31+,32+,34-,35-/m0/s1. The Balaban J connectivity index is 1.08. The van der Waals surface area contributed by atoms with Crippen molar-refractivity contribution in [3.05, 3.63) is 0 Å². The smallest absolute Gasteiger partial charge is 0.407 e. The number of hydrogen-bond donors (Lipinski definition) is 2. The van der Waals surface area contributed by atoms with E-state index in [4.69, 9.17) is 9.84 Å². The molecule has 0 aromatic rings. The van der Waals surface area contributed by atoms with E-state index in [1.807, 2.05) is 0 Å². The Bertz CT molecular complexity index is 882. The van der Waals surface area contributed by atoms with E-state index in [-0.39, 0.29) is 18.8 Å². The van der Waals surface area contributed by atoms with Gasteiger partial charge in [0.25, 0.3) is 0 Å². The van der Waals surface area contributed by atoms with Crippen molar-refractivity contribution in [1.82, 2.24) is 15.1 Å². The Morgan fingerprint density at radius 1 is 0.929 bits per heavy atom. The van der Waals surface area contributed by atoms with E-state index in [1.165, 1.54) is 64.2 Å². The van der Waals surface area contributed by atoms with Crippen LogP contribution < -0.4 is 5.32 Å². The SMILES string of the molecule is CC(C)CCC[C@@H](I)[C@H]1CC[C@H]2C3CCC4CC(OC(=O)NCCN5CCN(CCO)CC5)CC[C@]4(C)[C@H]3CC[C@]12C. The molecule has 5 fully saturated rings. The fourth-order valence-electron chi connectivity index (χ4n) is 10.8. The number of ether oxygens (including phenoxy) is 1. The van der Waals surface area contributed by atoms with Gasteiger partial charge in [-0.2, -0.15) is 0 Å². The van der Waals surface area contributed by atoms with Gasteiger partial charge in [0.15, 0.2) is 0 Å². The Labute approximate surface area is 271 Å². The number of carbonyl (C=O) groups is 1. The zero-order chi connectivity index (χ0) is 29.9. The molecule has 42 heavy (non-hydrogen) atoms. The first kappa shape index (κ1) is 33.2. The first-order chi connectivity index (χ1) is 20.1. The van der Waals surface area contributed by atoms with Crippen LogP contribution >= 0.6 is 22.6 Å². The van der Waals surface area contributed by atoms with E-state index in [0.29, 0.717) is 23.3 Å². The van der Waals surface area contributed by atoms with Crippen LogP contribution in [0.1, 0.15) is 105 Å². The summed E-state index contributed by atoms with van der Waals surface area (Å²) in [4.78, 5) is 17.4. The van der Waals surface area contributed by atoms with Crippen LogP contribution in [0.2, 0.25) is 0 Å². The molecule has 9 atom stereocenters. The number of amides is 1. The summed E-state index contributed by atoms with van der Waals surface area (Å²) in [6.07, 6.45) is 15.9. The second-order valence-electron chi connectivity index (χ2n) is 15.9. The van der Waals surface area contributed by atoms with E-state index in [1.54, 1.807) is 0 Å². The van der Waals surface area contributed by atoms with Crippen molar-refractivity contribution in [2.24, 2.45) is 46.3 Å². The number of aliphatic hydroxyl groups is 1. The number of fused-ring (bicyclic) bond motifs is 5. The maximum Gasteiger partial charge on any atom is 0.407 e. The van der Waals surface area contributed by atoms with Crippen LogP contribution in [0.15, 0.2) is 0 Å². The lowest BCUT2D eigenvalue weighted by molar-refractivity contribution is -0.127. The number of aliphatic hydroxyl groups excluding tert-OH is 1. The third-order valence-corrected chi connectivity index (χ3v) is 14.7.